The maximum atomic E-state index is 12.9. The molecule has 0 aliphatic carbocycles. The smallest absolute Gasteiger partial charge is 0.344 e. The third kappa shape index (κ3) is 5.26. The van der Waals surface area contributed by atoms with E-state index in [4.69, 9.17) is 9.84 Å². The van der Waals surface area contributed by atoms with Gasteiger partial charge in [0.2, 0.25) is 5.78 Å². The van der Waals surface area contributed by atoms with Gasteiger partial charge in [0.15, 0.2) is 6.10 Å². The van der Waals surface area contributed by atoms with Gasteiger partial charge in [-0.15, -0.1) is 0 Å². The number of carbonyl (C=O) groups is 2. The summed E-state index contributed by atoms with van der Waals surface area (Å²) in [5.74, 6) is -0.515. The predicted octanol–water partition coefficient (Wildman–Crippen LogP) is 4.85. The fourth-order valence-electron chi connectivity index (χ4n) is 3.07. The molecule has 5 heteroatoms. The van der Waals surface area contributed by atoms with Gasteiger partial charge in [-0.3, -0.25) is 4.79 Å². The summed E-state index contributed by atoms with van der Waals surface area (Å²) in [7, 11) is 0. The van der Waals surface area contributed by atoms with Crippen LogP contribution in [0, 0.1) is 0 Å². The molecule has 3 aromatic rings. The molecular formula is C25H25NO4. The number of allylic oxidation sites excluding steroid dienone is 1. The average molecular weight is 403 g/mol. The minimum Gasteiger partial charge on any atom is -0.479 e. The van der Waals surface area contributed by atoms with E-state index >= 15 is 0 Å². The van der Waals surface area contributed by atoms with Crippen molar-refractivity contribution in [1.82, 2.24) is 4.57 Å². The van der Waals surface area contributed by atoms with Crippen molar-refractivity contribution >= 4 is 17.8 Å². The van der Waals surface area contributed by atoms with Crippen molar-refractivity contribution < 1.29 is 19.4 Å². The number of ketones is 1. The Kier molecular flexibility index (Phi) is 6.86. The molecule has 0 saturated heterocycles. The molecule has 0 saturated carbocycles. The Morgan fingerprint density at radius 1 is 1.10 bits per heavy atom. The number of hydrogen-bond donors (Lipinski definition) is 1. The second-order valence-corrected chi connectivity index (χ2v) is 7.00. The maximum Gasteiger partial charge on any atom is 0.344 e. The van der Waals surface area contributed by atoms with Gasteiger partial charge in [-0.2, -0.15) is 0 Å². The quantitative estimate of drug-likeness (QED) is 0.519. The van der Waals surface area contributed by atoms with Gasteiger partial charge < -0.3 is 14.4 Å². The van der Waals surface area contributed by atoms with Crippen LogP contribution in [0.2, 0.25) is 0 Å². The predicted molar refractivity (Wildman–Crippen MR) is 117 cm³/mol. The fraction of sp³-hybridized carbons (Fsp3) is 0.200. The van der Waals surface area contributed by atoms with Crippen molar-refractivity contribution in [3.8, 4) is 5.75 Å². The Balaban J connectivity index is 1.68. The fourth-order valence-corrected chi connectivity index (χ4v) is 3.07. The highest BCUT2D eigenvalue weighted by atomic mass is 16.5. The lowest BCUT2D eigenvalue weighted by Crippen LogP contribution is -2.22. The molecule has 0 amide bonds. The third-order valence-corrected chi connectivity index (χ3v) is 4.82. The van der Waals surface area contributed by atoms with Gasteiger partial charge >= 0.3 is 5.97 Å². The van der Waals surface area contributed by atoms with Gasteiger partial charge in [0.1, 0.15) is 5.75 Å². The van der Waals surface area contributed by atoms with E-state index in [-0.39, 0.29) is 5.78 Å². The van der Waals surface area contributed by atoms with E-state index in [9.17, 15) is 9.59 Å². The van der Waals surface area contributed by atoms with Crippen molar-refractivity contribution in [3.05, 3.63) is 95.3 Å². The number of carboxylic acid groups (broad SMARTS) is 1. The molecule has 1 atom stereocenters. The van der Waals surface area contributed by atoms with Gasteiger partial charge in [-0.05, 0) is 48.7 Å². The summed E-state index contributed by atoms with van der Waals surface area (Å²) in [6.45, 7) is 4.12. The van der Waals surface area contributed by atoms with Crippen molar-refractivity contribution in [2.75, 3.05) is 0 Å². The molecule has 0 radical (unpaired) electrons. The molecule has 0 aliphatic heterocycles. The molecule has 0 bridgehead atoms. The monoisotopic (exact) mass is 403 g/mol. The van der Waals surface area contributed by atoms with E-state index in [0.29, 0.717) is 23.6 Å². The molecule has 1 N–H and O–H groups in total. The molecule has 154 valence electrons. The first kappa shape index (κ1) is 21.1. The van der Waals surface area contributed by atoms with Crippen LogP contribution >= 0.6 is 0 Å². The lowest BCUT2D eigenvalue weighted by Gasteiger charge is -2.10. The molecular weight excluding hydrogens is 378 g/mol. The number of aromatic nitrogens is 1. The summed E-state index contributed by atoms with van der Waals surface area (Å²) >= 11 is 0. The van der Waals surface area contributed by atoms with Crippen LogP contribution in [0.3, 0.4) is 0 Å². The summed E-state index contributed by atoms with van der Waals surface area (Å²) in [5.41, 5.74) is 3.40. The minimum absolute atomic E-state index is 0.00545. The Labute approximate surface area is 176 Å². The summed E-state index contributed by atoms with van der Waals surface area (Å²) in [6, 6.07) is 18.6. The number of carbonyl (C=O) groups excluding carboxylic acids is 1. The summed E-state index contributed by atoms with van der Waals surface area (Å²) in [5, 5.41) is 8.97. The second kappa shape index (κ2) is 9.74. The highest BCUT2D eigenvalue weighted by molar-refractivity contribution is 6.08. The first-order chi connectivity index (χ1) is 14.5. The van der Waals surface area contributed by atoms with Crippen LogP contribution < -0.4 is 4.74 Å². The summed E-state index contributed by atoms with van der Waals surface area (Å²) < 4.78 is 7.30. The lowest BCUT2D eigenvalue weighted by molar-refractivity contribution is -0.144. The normalized spacial score (nSPS) is 12.1. The largest absolute Gasteiger partial charge is 0.479 e. The van der Waals surface area contributed by atoms with Gasteiger partial charge in [-0.25, -0.2) is 4.79 Å². The van der Waals surface area contributed by atoms with E-state index in [1.807, 2.05) is 71.4 Å². The van der Waals surface area contributed by atoms with Crippen LogP contribution in [0.15, 0.2) is 72.9 Å². The van der Waals surface area contributed by atoms with Crippen LogP contribution in [-0.4, -0.2) is 27.5 Å². The van der Waals surface area contributed by atoms with Gasteiger partial charge in [0.25, 0.3) is 0 Å². The summed E-state index contributed by atoms with van der Waals surface area (Å²) in [4.78, 5) is 23.8. The van der Waals surface area contributed by atoms with Crippen molar-refractivity contribution in [2.45, 2.75) is 32.9 Å². The standard InChI is InChI=1S/C25H25NO4/c1-3-19-11-13-21(14-12-19)24(27)23-10-6-16-26(23)15-5-8-20-7-4-9-22(17-20)30-18(2)25(28)29/h4-14,16-18H,3,15H2,1-2H3,(H,28,29)/b8-5+. The number of rotatable bonds is 9. The Morgan fingerprint density at radius 2 is 1.87 bits per heavy atom. The number of hydrogen-bond acceptors (Lipinski definition) is 3. The van der Waals surface area contributed by atoms with Crippen LogP contribution in [-0.2, 0) is 17.8 Å². The second-order valence-electron chi connectivity index (χ2n) is 7.00. The molecule has 5 nitrogen and oxygen atoms in total. The Hall–Kier alpha value is -3.60. The lowest BCUT2D eigenvalue weighted by atomic mass is 10.0. The van der Waals surface area contributed by atoms with Gasteiger partial charge in [0.05, 0.1) is 5.69 Å². The zero-order chi connectivity index (χ0) is 21.5. The number of benzene rings is 2. The molecule has 0 aliphatic rings. The van der Waals surface area contributed by atoms with E-state index in [1.165, 1.54) is 12.5 Å². The zero-order valence-electron chi connectivity index (χ0n) is 17.1. The third-order valence-electron chi connectivity index (χ3n) is 4.82. The van der Waals surface area contributed by atoms with Crippen LogP contribution in [0.25, 0.3) is 6.08 Å². The number of carboxylic acids is 1. The SMILES string of the molecule is CCc1ccc(C(=O)c2cccn2C/C=C/c2cccc(OC(C)C(=O)O)c2)cc1. The number of ether oxygens (including phenoxy) is 1. The van der Waals surface area contributed by atoms with Crippen LogP contribution in [0.5, 0.6) is 5.75 Å². The van der Waals surface area contributed by atoms with E-state index in [2.05, 4.69) is 6.92 Å². The minimum atomic E-state index is -1.01. The first-order valence-electron chi connectivity index (χ1n) is 9.92. The van der Waals surface area contributed by atoms with Gasteiger partial charge in [0, 0.05) is 18.3 Å². The van der Waals surface area contributed by atoms with Gasteiger partial charge in [-0.1, -0.05) is 55.5 Å². The molecule has 2 aromatic carbocycles. The molecule has 1 aromatic heterocycles. The van der Waals surface area contributed by atoms with Crippen molar-refractivity contribution in [2.24, 2.45) is 0 Å². The number of aliphatic carboxylic acids is 1. The molecule has 0 fully saturated rings. The van der Waals surface area contributed by atoms with E-state index < -0.39 is 12.1 Å². The average Bonchev–Trinajstić information content (AvgIpc) is 3.22. The molecule has 3 rings (SSSR count). The molecule has 1 unspecified atom stereocenters. The van der Waals surface area contributed by atoms with E-state index in [0.717, 1.165) is 12.0 Å². The summed E-state index contributed by atoms with van der Waals surface area (Å²) in [6.07, 6.45) is 5.78. The van der Waals surface area contributed by atoms with Crippen molar-refractivity contribution in [1.29, 1.82) is 0 Å². The Bertz CT molecular complexity index is 1050. The first-order valence-corrected chi connectivity index (χ1v) is 9.92. The van der Waals surface area contributed by atoms with Crippen molar-refractivity contribution in [3.63, 3.8) is 0 Å². The topological polar surface area (TPSA) is 68.5 Å². The highest BCUT2D eigenvalue weighted by Crippen LogP contribution is 2.17. The Morgan fingerprint density at radius 3 is 2.57 bits per heavy atom. The van der Waals surface area contributed by atoms with E-state index in [1.54, 1.807) is 12.1 Å². The highest BCUT2D eigenvalue weighted by Gasteiger charge is 2.13. The zero-order valence-corrected chi connectivity index (χ0v) is 17.1. The molecule has 1 heterocycles. The molecule has 0 spiro atoms. The number of nitrogens with zero attached hydrogens (tertiary/aromatic N) is 1. The van der Waals surface area contributed by atoms with Crippen LogP contribution in [0.1, 0.15) is 41.0 Å². The number of aryl methyl sites for hydroxylation is 1. The molecule has 30 heavy (non-hydrogen) atoms. The van der Waals surface area contributed by atoms with Crippen LogP contribution in [0.4, 0.5) is 0 Å². The maximum absolute atomic E-state index is 12.9.